The van der Waals surface area contributed by atoms with E-state index in [4.69, 9.17) is 0 Å². The van der Waals surface area contributed by atoms with Crippen molar-refractivity contribution >= 4 is 11.8 Å². The quantitative estimate of drug-likeness (QED) is 0.743. The number of aromatic nitrogens is 3. The number of carbonyl (C=O) groups is 2. The minimum atomic E-state index is -0.309. The zero-order chi connectivity index (χ0) is 17.8. The van der Waals surface area contributed by atoms with Gasteiger partial charge in [-0.2, -0.15) is 5.43 Å². The van der Waals surface area contributed by atoms with Crippen molar-refractivity contribution in [1.82, 2.24) is 9.90 Å². The standard InChI is InChI=1S/C19H18N4O2/c1-3-17-14(2)20-23(19(25)16-12-8-5-9-13-16)22(17)21-18(24)15-10-6-4-7-11-15/h4-13H,3H2,1-2H3/p+1. The van der Waals surface area contributed by atoms with Gasteiger partial charge >= 0.3 is 5.91 Å². The van der Waals surface area contributed by atoms with Crippen molar-refractivity contribution in [1.29, 1.82) is 0 Å². The van der Waals surface area contributed by atoms with Gasteiger partial charge in [0.15, 0.2) is 0 Å². The third-order valence-corrected chi connectivity index (χ3v) is 3.89. The van der Waals surface area contributed by atoms with Crippen molar-refractivity contribution in [2.24, 2.45) is 0 Å². The largest absolute Gasteiger partial charge is 0.339 e. The molecule has 0 aliphatic rings. The van der Waals surface area contributed by atoms with Crippen molar-refractivity contribution in [3.8, 4) is 0 Å². The first-order chi connectivity index (χ1) is 12.1. The Balaban J connectivity index is 2.00. The molecule has 3 rings (SSSR count). The molecule has 0 saturated carbocycles. The van der Waals surface area contributed by atoms with Crippen LogP contribution >= 0.6 is 0 Å². The summed E-state index contributed by atoms with van der Waals surface area (Å²) in [5, 5.41) is 4.32. The molecule has 0 saturated heterocycles. The number of amides is 1. The summed E-state index contributed by atoms with van der Waals surface area (Å²) in [4.78, 5) is 27.9. The Labute approximate surface area is 145 Å². The summed E-state index contributed by atoms with van der Waals surface area (Å²) in [6.45, 7) is 3.77. The number of hydrogen-bond donors (Lipinski definition) is 1. The van der Waals surface area contributed by atoms with Gasteiger partial charge in [0.05, 0.1) is 9.90 Å². The molecule has 0 spiro atoms. The Morgan fingerprint density at radius 1 is 1.00 bits per heavy atom. The Bertz CT molecular complexity index is 902. The van der Waals surface area contributed by atoms with Crippen LogP contribution in [-0.2, 0) is 6.42 Å². The van der Waals surface area contributed by atoms with Crippen LogP contribution in [0.1, 0.15) is 39.0 Å². The van der Waals surface area contributed by atoms with E-state index in [1.54, 1.807) is 48.5 Å². The molecule has 1 aromatic heterocycles. The minimum Gasteiger partial charge on any atom is -0.266 e. The highest BCUT2D eigenvalue weighted by Crippen LogP contribution is 2.05. The predicted molar refractivity (Wildman–Crippen MR) is 92.8 cm³/mol. The Morgan fingerprint density at radius 3 is 2.12 bits per heavy atom. The van der Waals surface area contributed by atoms with Gasteiger partial charge in [-0.15, -0.1) is 0 Å². The monoisotopic (exact) mass is 335 g/mol. The van der Waals surface area contributed by atoms with E-state index in [-0.39, 0.29) is 11.8 Å². The summed E-state index contributed by atoms with van der Waals surface area (Å²) >= 11 is 0. The first-order valence-corrected chi connectivity index (χ1v) is 8.08. The average Bonchev–Trinajstić information content (AvgIpc) is 2.97. The fourth-order valence-corrected chi connectivity index (χ4v) is 2.62. The molecule has 0 bridgehead atoms. The highest BCUT2D eigenvalue weighted by molar-refractivity contribution is 5.99. The molecule has 0 fully saturated rings. The lowest BCUT2D eigenvalue weighted by atomic mass is 10.2. The summed E-state index contributed by atoms with van der Waals surface area (Å²) in [6.07, 6.45) is 0.628. The van der Waals surface area contributed by atoms with E-state index in [1.165, 1.54) is 9.59 Å². The second-order valence-corrected chi connectivity index (χ2v) is 5.57. The van der Waals surface area contributed by atoms with Crippen LogP contribution in [0.5, 0.6) is 0 Å². The third-order valence-electron chi connectivity index (χ3n) is 3.89. The van der Waals surface area contributed by atoms with E-state index in [0.717, 1.165) is 5.69 Å². The van der Waals surface area contributed by atoms with Gasteiger partial charge in [0, 0.05) is 24.5 Å². The average molecular weight is 335 g/mol. The van der Waals surface area contributed by atoms with E-state index in [2.05, 4.69) is 10.5 Å². The van der Waals surface area contributed by atoms with Gasteiger partial charge in [-0.05, 0) is 29.1 Å². The Morgan fingerprint density at radius 2 is 1.56 bits per heavy atom. The highest BCUT2D eigenvalue weighted by atomic mass is 16.2. The maximum absolute atomic E-state index is 12.8. The number of benzene rings is 2. The molecular weight excluding hydrogens is 316 g/mol. The lowest BCUT2D eigenvalue weighted by Gasteiger charge is -2.05. The maximum Gasteiger partial charge on any atom is 0.339 e. The molecule has 2 aromatic carbocycles. The molecule has 6 heteroatoms. The van der Waals surface area contributed by atoms with Gasteiger partial charge in [-0.1, -0.05) is 43.3 Å². The van der Waals surface area contributed by atoms with Gasteiger partial charge in [0.25, 0.3) is 5.91 Å². The SMILES string of the molecule is CCc1c(C)nn(C(=O)c2ccccc2)[n+]1NC(=O)c1ccccc1. The van der Waals surface area contributed by atoms with Gasteiger partial charge < -0.3 is 0 Å². The lowest BCUT2D eigenvalue weighted by Crippen LogP contribution is -2.59. The first-order valence-electron chi connectivity index (χ1n) is 8.08. The van der Waals surface area contributed by atoms with Crippen molar-refractivity contribution in [3.63, 3.8) is 0 Å². The molecule has 1 amide bonds. The fraction of sp³-hybridized carbons (Fsp3) is 0.158. The van der Waals surface area contributed by atoms with Gasteiger partial charge in [0.2, 0.25) is 11.4 Å². The van der Waals surface area contributed by atoms with Gasteiger partial charge in [-0.3, -0.25) is 9.59 Å². The van der Waals surface area contributed by atoms with Crippen LogP contribution in [0.3, 0.4) is 0 Å². The molecule has 6 nitrogen and oxygen atoms in total. The normalized spacial score (nSPS) is 10.5. The smallest absolute Gasteiger partial charge is 0.266 e. The summed E-state index contributed by atoms with van der Waals surface area (Å²) < 4.78 is 0. The zero-order valence-corrected chi connectivity index (χ0v) is 14.1. The molecule has 3 aromatic rings. The van der Waals surface area contributed by atoms with Crippen LogP contribution < -0.4 is 10.2 Å². The summed E-state index contributed by atoms with van der Waals surface area (Å²) in [5.41, 5.74) is 5.25. The molecule has 1 N–H and O–H groups in total. The van der Waals surface area contributed by atoms with Gasteiger partial charge in [0.1, 0.15) is 0 Å². The molecule has 1 heterocycles. The van der Waals surface area contributed by atoms with E-state index < -0.39 is 0 Å². The molecule has 0 atom stereocenters. The number of hydrogen-bond acceptors (Lipinski definition) is 3. The maximum atomic E-state index is 12.8. The summed E-state index contributed by atoms with van der Waals surface area (Å²) in [7, 11) is 0. The van der Waals surface area contributed by atoms with Crippen LogP contribution in [0, 0.1) is 6.92 Å². The third kappa shape index (κ3) is 3.33. The molecule has 0 radical (unpaired) electrons. The van der Waals surface area contributed by atoms with Crippen molar-refractivity contribution in [3.05, 3.63) is 83.2 Å². The summed E-state index contributed by atoms with van der Waals surface area (Å²) in [5.74, 6) is -0.612. The van der Waals surface area contributed by atoms with Crippen LogP contribution in [0.2, 0.25) is 0 Å². The van der Waals surface area contributed by atoms with E-state index in [1.807, 2.05) is 26.0 Å². The van der Waals surface area contributed by atoms with Crippen LogP contribution in [-0.4, -0.2) is 21.7 Å². The zero-order valence-electron chi connectivity index (χ0n) is 14.1. The van der Waals surface area contributed by atoms with Crippen molar-refractivity contribution < 1.29 is 14.4 Å². The number of rotatable bonds is 4. The number of nitrogens with one attached hydrogen (secondary N) is 1. The van der Waals surface area contributed by atoms with E-state index >= 15 is 0 Å². The number of aryl methyl sites for hydroxylation is 1. The lowest BCUT2D eigenvalue weighted by molar-refractivity contribution is -0.724. The van der Waals surface area contributed by atoms with Crippen LogP contribution in [0.4, 0.5) is 0 Å². The second kappa shape index (κ2) is 7.09. The van der Waals surface area contributed by atoms with Crippen LogP contribution in [0.15, 0.2) is 60.7 Å². The molecule has 0 unspecified atom stereocenters. The first kappa shape index (κ1) is 16.6. The molecule has 25 heavy (non-hydrogen) atoms. The molecular formula is C19H19N4O2+. The van der Waals surface area contributed by atoms with Crippen molar-refractivity contribution in [2.45, 2.75) is 20.3 Å². The van der Waals surface area contributed by atoms with Crippen molar-refractivity contribution in [2.75, 3.05) is 5.43 Å². The predicted octanol–water partition coefficient (Wildman–Crippen LogP) is 2.11. The Hall–Kier alpha value is -3.28. The molecule has 0 aliphatic heterocycles. The topological polar surface area (TPSA) is 67.9 Å². The number of carbonyl (C=O) groups excluding carboxylic acids is 2. The fourth-order valence-electron chi connectivity index (χ4n) is 2.62. The highest BCUT2D eigenvalue weighted by Gasteiger charge is 2.29. The minimum absolute atomic E-state index is 0.303. The summed E-state index contributed by atoms with van der Waals surface area (Å²) in [6, 6.07) is 17.7. The number of nitrogens with zero attached hydrogens (tertiary/aromatic N) is 3. The Kier molecular flexibility index (Phi) is 4.70. The van der Waals surface area contributed by atoms with E-state index in [0.29, 0.717) is 23.2 Å². The van der Waals surface area contributed by atoms with Gasteiger partial charge in [-0.25, -0.2) is 0 Å². The van der Waals surface area contributed by atoms with E-state index in [9.17, 15) is 9.59 Å². The molecule has 0 aliphatic carbocycles. The second-order valence-electron chi connectivity index (χ2n) is 5.57. The molecule has 126 valence electrons. The van der Waals surface area contributed by atoms with Crippen LogP contribution in [0.25, 0.3) is 0 Å².